The minimum atomic E-state index is -0.608. The molecule has 0 fully saturated rings. The standard InChI is InChI=1S/C20H22N2O5/c1-13-11-17(24)18(20(26)22(13)2)16(23)8-7-14-5-4-6-15(12-14)19(25)21-9-10-27-3/h4-8,11-12,24H,9-10H2,1-3H3,(H,21,25). The lowest BCUT2D eigenvalue weighted by Crippen LogP contribution is -2.26. The third-order valence-corrected chi connectivity index (χ3v) is 4.06. The number of amides is 1. The van der Waals surface area contributed by atoms with E-state index in [0.717, 1.165) is 0 Å². The van der Waals surface area contributed by atoms with Crippen LogP contribution >= 0.6 is 0 Å². The van der Waals surface area contributed by atoms with E-state index in [9.17, 15) is 19.5 Å². The minimum absolute atomic E-state index is 0.251. The maximum absolute atomic E-state index is 12.4. The van der Waals surface area contributed by atoms with E-state index >= 15 is 0 Å². The van der Waals surface area contributed by atoms with Crippen molar-refractivity contribution < 1.29 is 19.4 Å². The van der Waals surface area contributed by atoms with Gasteiger partial charge in [-0.05, 0) is 30.7 Å². The van der Waals surface area contributed by atoms with Crippen molar-refractivity contribution in [1.29, 1.82) is 0 Å². The Balaban J connectivity index is 2.20. The van der Waals surface area contributed by atoms with Crippen LogP contribution in [0.25, 0.3) is 6.08 Å². The second-order valence-electron chi connectivity index (χ2n) is 5.98. The molecule has 0 spiro atoms. The maximum atomic E-state index is 12.4. The number of benzene rings is 1. The Hall–Kier alpha value is -3.19. The predicted octanol–water partition coefficient (Wildman–Crippen LogP) is 1.67. The summed E-state index contributed by atoms with van der Waals surface area (Å²) < 4.78 is 6.18. The Morgan fingerprint density at radius 1 is 1.30 bits per heavy atom. The van der Waals surface area contributed by atoms with Gasteiger partial charge in [0.2, 0.25) is 0 Å². The first-order chi connectivity index (χ1) is 12.8. The van der Waals surface area contributed by atoms with Gasteiger partial charge in [0.15, 0.2) is 5.78 Å². The number of aryl methyl sites for hydroxylation is 1. The number of aromatic hydroxyl groups is 1. The Kier molecular flexibility index (Phi) is 6.67. The summed E-state index contributed by atoms with van der Waals surface area (Å²) in [4.78, 5) is 36.6. The first-order valence-electron chi connectivity index (χ1n) is 8.34. The summed E-state index contributed by atoms with van der Waals surface area (Å²) in [5.41, 5.74) is 0.757. The molecule has 27 heavy (non-hydrogen) atoms. The van der Waals surface area contributed by atoms with Crippen LogP contribution in [-0.4, -0.2) is 41.6 Å². The van der Waals surface area contributed by atoms with Gasteiger partial charge in [-0.2, -0.15) is 0 Å². The molecule has 0 aliphatic heterocycles. The minimum Gasteiger partial charge on any atom is -0.507 e. The van der Waals surface area contributed by atoms with E-state index in [1.807, 2.05) is 0 Å². The smallest absolute Gasteiger partial charge is 0.265 e. The van der Waals surface area contributed by atoms with Gasteiger partial charge in [0, 0.05) is 38.0 Å². The summed E-state index contributed by atoms with van der Waals surface area (Å²) in [7, 11) is 3.08. The molecule has 1 aromatic carbocycles. The lowest BCUT2D eigenvalue weighted by atomic mass is 10.1. The maximum Gasteiger partial charge on any atom is 0.265 e. The summed E-state index contributed by atoms with van der Waals surface area (Å²) in [6, 6.07) is 8.07. The van der Waals surface area contributed by atoms with Crippen molar-refractivity contribution >= 4 is 17.8 Å². The monoisotopic (exact) mass is 370 g/mol. The molecular weight excluding hydrogens is 348 g/mol. The van der Waals surface area contributed by atoms with Crippen LogP contribution in [0, 0.1) is 6.92 Å². The second kappa shape index (κ2) is 8.95. The number of nitrogens with one attached hydrogen (secondary N) is 1. The van der Waals surface area contributed by atoms with E-state index in [4.69, 9.17) is 4.74 Å². The molecule has 0 saturated carbocycles. The van der Waals surface area contributed by atoms with Crippen LogP contribution in [0.5, 0.6) is 5.75 Å². The van der Waals surface area contributed by atoms with Crippen molar-refractivity contribution in [3.8, 4) is 5.75 Å². The van der Waals surface area contributed by atoms with Gasteiger partial charge in [-0.15, -0.1) is 0 Å². The van der Waals surface area contributed by atoms with Crippen molar-refractivity contribution in [1.82, 2.24) is 9.88 Å². The zero-order chi connectivity index (χ0) is 20.0. The summed E-state index contributed by atoms with van der Waals surface area (Å²) in [6.45, 7) is 2.47. The predicted molar refractivity (Wildman–Crippen MR) is 102 cm³/mol. The van der Waals surface area contributed by atoms with Crippen LogP contribution in [0.3, 0.4) is 0 Å². The van der Waals surface area contributed by atoms with Crippen LogP contribution in [0.4, 0.5) is 0 Å². The van der Waals surface area contributed by atoms with Gasteiger partial charge in [-0.25, -0.2) is 0 Å². The number of allylic oxidation sites excluding steroid dienone is 1. The first-order valence-corrected chi connectivity index (χ1v) is 8.34. The first kappa shape index (κ1) is 20.1. The summed E-state index contributed by atoms with van der Waals surface area (Å²) >= 11 is 0. The number of pyridine rings is 1. The van der Waals surface area contributed by atoms with Crippen molar-refractivity contribution in [2.24, 2.45) is 7.05 Å². The van der Waals surface area contributed by atoms with Gasteiger partial charge < -0.3 is 19.7 Å². The number of nitrogens with zero attached hydrogens (tertiary/aromatic N) is 1. The molecule has 1 amide bonds. The van der Waals surface area contributed by atoms with Crippen LogP contribution in [-0.2, 0) is 11.8 Å². The molecule has 0 unspecified atom stereocenters. The number of hydrogen-bond acceptors (Lipinski definition) is 5. The second-order valence-corrected chi connectivity index (χ2v) is 5.98. The molecule has 0 aliphatic rings. The third kappa shape index (κ3) is 4.92. The van der Waals surface area contributed by atoms with Crippen LogP contribution in [0.15, 0.2) is 41.2 Å². The van der Waals surface area contributed by atoms with Gasteiger partial charge in [0.1, 0.15) is 11.3 Å². The van der Waals surface area contributed by atoms with Gasteiger partial charge in [0.25, 0.3) is 11.5 Å². The molecular formula is C20H22N2O5. The topological polar surface area (TPSA) is 97.6 Å². The van der Waals surface area contributed by atoms with Gasteiger partial charge in [0.05, 0.1) is 6.61 Å². The fourth-order valence-corrected chi connectivity index (χ4v) is 2.44. The largest absolute Gasteiger partial charge is 0.507 e. The van der Waals surface area contributed by atoms with Gasteiger partial charge >= 0.3 is 0 Å². The average Bonchev–Trinajstić information content (AvgIpc) is 2.65. The highest BCUT2D eigenvalue weighted by atomic mass is 16.5. The Morgan fingerprint density at radius 2 is 2.04 bits per heavy atom. The lowest BCUT2D eigenvalue weighted by molar-refractivity contribution is 0.0936. The number of aromatic nitrogens is 1. The Labute approximate surface area is 156 Å². The van der Waals surface area contributed by atoms with E-state index in [1.54, 1.807) is 38.3 Å². The molecule has 2 rings (SSSR count). The highest BCUT2D eigenvalue weighted by Crippen LogP contribution is 2.16. The van der Waals surface area contributed by atoms with Crippen molar-refractivity contribution in [2.75, 3.05) is 20.3 Å². The molecule has 0 bridgehead atoms. The van der Waals surface area contributed by atoms with E-state index in [1.165, 1.54) is 29.8 Å². The molecule has 0 radical (unpaired) electrons. The van der Waals surface area contributed by atoms with E-state index in [-0.39, 0.29) is 17.2 Å². The molecule has 7 heteroatoms. The van der Waals surface area contributed by atoms with Gasteiger partial charge in [-0.1, -0.05) is 18.2 Å². The number of methoxy groups -OCH3 is 1. The van der Waals surface area contributed by atoms with Crippen LogP contribution in [0.1, 0.15) is 32.0 Å². The number of ketones is 1. The SMILES string of the molecule is COCCNC(=O)c1cccc(C=CC(=O)c2c(O)cc(C)n(C)c2=O)c1. The number of carbonyl (C=O) groups excluding carboxylic acids is 2. The molecule has 1 aromatic heterocycles. The van der Waals surface area contributed by atoms with Crippen LogP contribution < -0.4 is 10.9 Å². The number of ether oxygens (including phenoxy) is 1. The van der Waals surface area contributed by atoms with Crippen molar-refractivity contribution in [3.05, 3.63) is 69.1 Å². The highest BCUT2D eigenvalue weighted by Gasteiger charge is 2.16. The fraction of sp³-hybridized carbons (Fsp3) is 0.250. The molecule has 2 aromatic rings. The Morgan fingerprint density at radius 3 is 2.74 bits per heavy atom. The van der Waals surface area contributed by atoms with E-state index < -0.39 is 11.3 Å². The van der Waals surface area contributed by atoms with Crippen molar-refractivity contribution in [2.45, 2.75) is 6.92 Å². The molecule has 0 aliphatic carbocycles. The summed E-state index contributed by atoms with van der Waals surface area (Å²) in [6.07, 6.45) is 2.70. The lowest BCUT2D eigenvalue weighted by Gasteiger charge is -2.07. The third-order valence-electron chi connectivity index (χ3n) is 4.06. The van der Waals surface area contributed by atoms with Crippen LogP contribution in [0.2, 0.25) is 0 Å². The molecule has 2 N–H and O–H groups in total. The fourth-order valence-electron chi connectivity index (χ4n) is 2.44. The zero-order valence-corrected chi connectivity index (χ0v) is 15.5. The number of rotatable bonds is 7. The summed E-state index contributed by atoms with van der Waals surface area (Å²) in [5, 5.41) is 12.7. The molecule has 7 nitrogen and oxygen atoms in total. The highest BCUT2D eigenvalue weighted by molar-refractivity contribution is 6.08. The molecule has 0 saturated heterocycles. The molecule has 142 valence electrons. The van der Waals surface area contributed by atoms with Gasteiger partial charge in [-0.3, -0.25) is 14.4 Å². The average molecular weight is 370 g/mol. The zero-order valence-electron chi connectivity index (χ0n) is 15.5. The summed E-state index contributed by atoms with van der Waals surface area (Å²) in [5.74, 6) is -1.21. The van der Waals surface area contributed by atoms with E-state index in [2.05, 4.69) is 5.32 Å². The normalized spacial score (nSPS) is 10.9. The number of hydrogen-bond donors (Lipinski definition) is 2. The van der Waals surface area contributed by atoms with Crippen molar-refractivity contribution in [3.63, 3.8) is 0 Å². The molecule has 0 atom stereocenters. The van der Waals surface area contributed by atoms with E-state index in [0.29, 0.717) is 30.0 Å². The Bertz CT molecular complexity index is 944. The number of carbonyl (C=O) groups is 2. The molecule has 1 heterocycles. The quantitative estimate of drug-likeness (QED) is 0.439.